The van der Waals surface area contributed by atoms with Crippen LogP contribution < -0.4 is 0 Å². The zero-order valence-electron chi connectivity index (χ0n) is 31.2. The second-order valence-corrected chi connectivity index (χ2v) is 15.6. The van der Waals surface area contributed by atoms with E-state index >= 15 is 0 Å². The Balaban J connectivity index is 1.17. The first-order valence-corrected chi connectivity index (χ1v) is 20.1. The van der Waals surface area contributed by atoms with Crippen LogP contribution in [0.15, 0.2) is 204 Å². The van der Waals surface area contributed by atoms with Crippen LogP contribution in [0.1, 0.15) is 27.8 Å². The van der Waals surface area contributed by atoms with Gasteiger partial charge in [-0.25, -0.2) is 15.0 Å². The van der Waals surface area contributed by atoms with Crippen LogP contribution in [0.25, 0.3) is 67.5 Å². The largest absolute Gasteiger partial charge is 0.208 e. The molecule has 9 aromatic rings. The molecule has 1 spiro atoms. The van der Waals surface area contributed by atoms with Gasteiger partial charge in [0.25, 0.3) is 0 Å². The Bertz CT molecular complexity index is 2980. The summed E-state index contributed by atoms with van der Waals surface area (Å²) < 4.78 is 0. The van der Waals surface area contributed by atoms with Gasteiger partial charge in [-0.2, -0.15) is 5.26 Å². The van der Waals surface area contributed by atoms with Crippen molar-refractivity contribution in [2.75, 3.05) is 0 Å². The van der Waals surface area contributed by atoms with Crippen molar-refractivity contribution >= 4 is 11.8 Å². The van der Waals surface area contributed by atoms with Crippen molar-refractivity contribution in [1.82, 2.24) is 15.0 Å². The van der Waals surface area contributed by atoms with Crippen molar-refractivity contribution in [2.24, 2.45) is 0 Å². The van der Waals surface area contributed by atoms with Crippen molar-refractivity contribution in [2.45, 2.75) is 15.2 Å². The molecule has 0 saturated heterocycles. The minimum absolute atomic E-state index is 0.588. The molecule has 2 heterocycles. The first-order chi connectivity index (χ1) is 28.7. The monoisotopic (exact) mass is 756 g/mol. The summed E-state index contributed by atoms with van der Waals surface area (Å²) in [5.41, 5.74) is 14.9. The van der Waals surface area contributed by atoms with Gasteiger partial charge >= 0.3 is 0 Å². The highest BCUT2D eigenvalue weighted by Crippen LogP contribution is 2.64. The number of nitriles is 1. The lowest BCUT2D eigenvalue weighted by molar-refractivity contribution is 0.723. The van der Waals surface area contributed by atoms with Crippen LogP contribution in [0.2, 0.25) is 0 Å². The summed E-state index contributed by atoms with van der Waals surface area (Å²) in [5.74, 6) is 1.91. The molecule has 1 aliphatic carbocycles. The molecule has 2 aliphatic rings. The highest BCUT2D eigenvalue weighted by Gasteiger charge is 2.51. The first-order valence-electron chi connectivity index (χ1n) is 19.3. The molecule has 0 saturated carbocycles. The summed E-state index contributed by atoms with van der Waals surface area (Å²) in [4.78, 5) is 17.9. The van der Waals surface area contributed by atoms with E-state index < -0.39 is 5.41 Å². The molecule has 0 N–H and O–H groups in total. The van der Waals surface area contributed by atoms with Gasteiger partial charge in [-0.05, 0) is 67.8 Å². The Hall–Kier alpha value is -7.39. The van der Waals surface area contributed by atoms with Gasteiger partial charge in [0.1, 0.15) is 0 Å². The maximum Gasteiger partial charge on any atom is 0.165 e. The van der Waals surface area contributed by atoms with Crippen LogP contribution >= 0.6 is 11.8 Å². The minimum Gasteiger partial charge on any atom is -0.208 e. The molecule has 1 aliphatic heterocycles. The molecule has 58 heavy (non-hydrogen) atoms. The van der Waals surface area contributed by atoms with E-state index in [-0.39, 0.29) is 0 Å². The molecule has 0 amide bonds. The zero-order chi connectivity index (χ0) is 38.6. The van der Waals surface area contributed by atoms with Crippen LogP contribution in [0.3, 0.4) is 0 Å². The number of fused-ring (bicyclic) bond motifs is 9. The van der Waals surface area contributed by atoms with Gasteiger partial charge in [-0.3, -0.25) is 0 Å². The predicted molar refractivity (Wildman–Crippen MR) is 233 cm³/mol. The van der Waals surface area contributed by atoms with Gasteiger partial charge in [-0.15, -0.1) is 0 Å². The molecule has 5 heteroatoms. The molecule has 0 atom stereocenters. The fraction of sp³-hybridized carbons (Fsp3) is 0.0189. The van der Waals surface area contributed by atoms with Crippen LogP contribution in [-0.2, 0) is 5.41 Å². The van der Waals surface area contributed by atoms with Gasteiger partial charge < -0.3 is 0 Å². The molecule has 4 nitrogen and oxygen atoms in total. The fourth-order valence-electron chi connectivity index (χ4n) is 8.86. The molecule has 0 unspecified atom stereocenters. The molecule has 0 radical (unpaired) electrons. The third kappa shape index (κ3) is 5.27. The second kappa shape index (κ2) is 13.7. The lowest BCUT2D eigenvalue weighted by atomic mass is 9.66. The summed E-state index contributed by atoms with van der Waals surface area (Å²) in [6, 6.07) is 70.4. The van der Waals surface area contributed by atoms with Crippen LogP contribution in [-0.4, -0.2) is 15.0 Å². The standard InChI is InChI=1S/C53H32N4S/c54-33-34-25-27-35(28-26-34)36-29-31-37(32-30-36)40-19-11-23-46-48(40)58-49-43(52-56-50(38-13-3-1-4-14-38)55-51(57-52)39-15-5-2-6-16-39)20-12-24-47(49)53(46)44-21-9-7-17-41(44)42-18-8-10-22-45(42)53/h1-32H. The van der Waals surface area contributed by atoms with E-state index in [0.717, 1.165) is 38.3 Å². The average molecular weight is 757 g/mol. The third-order valence-corrected chi connectivity index (χ3v) is 12.8. The maximum absolute atomic E-state index is 9.34. The van der Waals surface area contributed by atoms with Gasteiger partial charge in [0.15, 0.2) is 17.5 Å². The van der Waals surface area contributed by atoms with Crippen LogP contribution in [0, 0.1) is 11.3 Å². The predicted octanol–water partition coefficient (Wildman–Crippen LogP) is 12.9. The van der Waals surface area contributed by atoms with Crippen molar-refractivity contribution in [1.29, 1.82) is 5.26 Å². The number of aromatic nitrogens is 3. The number of hydrogen-bond acceptors (Lipinski definition) is 5. The summed E-state index contributed by atoms with van der Waals surface area (Å²) >= 11 is 1.81. The number of hydrogen-bond donors (Lipinski definition) is 0. The SMILES string of the molecule is N#Cc1ccc(-c2ccc(-c3cccc4c3Sc3c(-c5nc(-c6ccccc6)nc(-c6ccccc6)n5)cccc3C43c4ccccc4-c4ccccc43)cc2)cc1. The van der Waals surface area contributed by atoms with E-state index in [1.54, 1.807) is 0 Å². The topological polar surface area (TPSA) is 62.5 Å². The summed E-state index contributed by atoms with van der Waals surface area (Å²) in [7, 11) is 0. The molecule has 0 bridgehead atoms. The Labute approximate surface area is 341 Å². The molecule has 270 valence electrons. The first kappa shape index (κ1) is 33.9. The minimum atomic E-state index is -0.588. The lowest BCUT2D eigenvalue weighted by Crippen LogP contribution is -2.32. The van der Waals surface area contributed by atoms with Crippen molar-refractivity contribution in [3.8, 4) is 73.6 Å². The molecular weight excluding hydrogens is 725 g/mol. The Morgan fingerprint density at radius 2 is 0.759 bits per heavy atom. The van der Waals surface area contributed by atoms with Crippen molar-refractivity contribution < 1.29 is 0 Å². The molecule has 8 aromatic carbocycles. The Morgan fingerprint density at radius 1 is 0.345 bits per heavy atom. The quantitative estimate of drug-likeness (QED) is 0.175. The Morgan fingerprint density at radius 3 is 1.31 bits per heavy atom. The van der Waals surface area contributed by atoms with Crippen molar-refractivity contribution in [3.05, 3.63) is 222 Å². The van der Waals surface area contributed by atoms with Gasteiger partial charge in [0.05, 0.1) is 17.0 Å². The highest BCUT2D eigenvalue weighted by atomic mass is 32.2. The third-order valence-electron chi connectivity index (χ3n) is 11.5. The lowest BCUT2D eigenvalue weighted by Gasteiger charge is -2.41. The number of rotatable bonds is 5. The molecule has 0 fully saturated rings. The van der Waals surface area contributed by atoms with Crippen molar-refractivity contribution in [3.63, 3.8) is 0 Å². The summed E-state index contributed by atoms with van der Waals surface area (Å²) in [6.07, 6.45) is 0. The molecular formula is C53H32N4S. The van der Waals surface area contributed by atoms with Crippen LogP contribution in [0.4, 0.5) is 0 Å². The van der Waals surface area contributed by atoms with E-state index in [0.29, 0.717) is 23.0 Å². The van der Waals surface area contributed by atoms with Gasteiger partial charge in [0, 0.05) is 26.5 Å². The molecule has 1 aromatic heterocycles. The average Bonchev–Trinajstić information content (AvgIpc) is 3.60. The van der Waals surface area contributed by atoms with E-state index in [1.165, 1.54) is 43.8 Å². The summed E-state index contributed by atoms with van der Waals surface area (Å²) in [6.45, 7) is 0. The van der Waals surface area contributed by atoms with E-state index in [9.17, 15) is 5.26 Å². The van der Waals surface area contributed by atoms with Crippen LogP contribution in [0.5, 0.6) is 0 Å². The summed E-state index contributed by atoms with van der Waals surface area (Å²) in [5, 5.41) is 9.34. The highest BCUT2D eigenvalue weighted by molar-refractivity contribution is 7.99. The fourth-order valence-corrected chi connectivity index (χ4v) is 10.3. The van der Waals surface area contributed by atoms with Gasteiger partial charge in [0.2, 0.25) is 0 Å². The smallest absolute Gasteiger partial charge is 0.165 e. The number of nitrogens with zero attached hydrogens (tertiary/aromatic N) is 4. The van der Waals surface area contributed by atoms with E-state index in [4.69, 9.17) is 15.0 Å². The maximum atomic E-state index is 9.34. The normalized spacial score (nSPS) is 12.9. The van der Waals surface area contributed by atoms with E-state index in [2.05, 4.69) is 140 Å². The Kier molecular flexibility index (Phi) is 7.99. The zero-order valence-corrected chi connectivity index (χ0v) is 32.0. The van der Waals surface area contributed by atoms with E-state index in [1.807, 2.05) is 72.4 Å². The second-order valence-electron chi connectivity index (χ2n) is 14.6. The van der Waals surface area contributed by atoms with Gasteiger partial charge in [-0.1, -0.05) is 194 Å². The number of benzene rings is 8. The molecule has 11 rings (SSSR count).